The van der Waals surface area contributed by atoms with Gasteiger partial charge in [-0.15, -0.1) is 12.4 Å². The van der Waals surface area contributed by atoms with Crippen molar-refractivity contribution < 1.29 is 4.42 Å². The second kappa shape index (κ2) is 4.40. The van der Waals surface area contributed by atoms with Gasteiger partial charge in [-0.1, -0.05) is 0 Å². The molecule has 0 atom stereocenters. The van der Waals surface area contributed by atoms with Crippen LogP contribution in [0.25, 0.3) is 10.9 Å². The first-order chi connectivity index (χ1) is 7.08. The average molecular weight is 243 g/mol. The van der Waals surface area contributed by atoms with Crippen molar-refractivity contribution in [1.82, 2.24) is 4.98 Å². The van der Waals surface area contributed by atoms with Crippen LogP contribution in [0.3, 0.4) is 0 Å². The molecule has 0 unspecified atom stereocenters. The molecule has 0 bridgehead atoms. The quantitative estimate of drug-likeness (QED) is 0.809. The van der Waals surface area contributed by atoms with Gasteiger partial charge in [0, 0.05) is 19.8 Å². The van der Waals surface area contributed by atoms with Crippen LogP contribution < -0.4 is 16.3 Å². The van der Waals surface area contributed by atoms with Crippen LogP contribution in [0.5, 0.6) is 0 Å². The first kappa shape index (κ1) is 12.3. The highest BCUT2D eigenvalue weighted by atomic mass is 35.5. The summed E-state index contributed by atoms with van der Waals surface area (Å²) in [6, 6.07) is 5.18. The summed E-state index contributed by atoms with van der Waals surface area (Å²) in [7, 11) is 3.74. The lowest BCUT2D eigenvalue weighted by Gasteiger charge is -2.11. The van der Waals surface area contributed by atoms with Gasteiger partial charge in [-0.25, -0.2) is 9.59 Å². The molecule has 0 amide bonds. The highest BCUT2D eigenvalue weighted by molar-refractivity contribution is 5.85. The Hall–Kier alpha value is -1.75. The zero-order valence-electron chi connectivity index (χ0n) is 8.81. The Bertz CT molecular complexity index is 615. The Kier molecular flexibility index (Phi) is 3.39. The number of aromatic nitrogens is 1. The standard InChI is InChI=1S/C10H10N2O3.ClH/c1-12(2)6-3-4-8-7(5-6)9(13)15-10(14)11-8;/h3-5H,1-2H3,(H,11,14);1H. The predicted molar refractivity (Wildman–Crippen MR) is 64.7 cm³/mol. The lowest BCUT2D eigenvalue weighted by molar-refractivity contribution is 0.460. The van der Waals surface area contributed by atoms with E-state index >= 15 is 0 Å². The molecule has 16 heavy (non-hydrogen) atoms. The second-order valence-electron chi connectivity index (χ2n) is 3.43. The van der Waals surface area contributed by atoms with Gasteiger partial charge < -0.3 is 9.32 Å². The maximum atomic E-state index is 11.4. The summed E-state index contributed by atoms with van der Waals surface area (Å²) >= 11 is 0. The van der Waals surface area contributed by atoms with Crippen molar-refractivity contribution in [2.24, 2.45) is 0 Å². The number of H-pyrrole nitrogens is 1. The molecule has 0 aliphatic rings. The fourth-order valence-electron chi connectivity index (χ4n) is 1.36. The van der Waals surface area contributed by atoms with E-state index in [4.69, 9.17) is 0 Å². The molecule has 1 aromatic heterocycles. The number of rotatable bonds is 1. The Morgan fingerprint density at radius 1 is 1.25 bits per heavy atom. The summed E-state index contributed by atoms with van der Waals surface area (Å²) in [4.78, 5) is 26.6. The molecule has 2 aromatic rings. The molecule has 0 saturated carbocycles. The maximum Gasteiger partial charge on any atom is 0.419 e. The molecule has 5 nitrogen and oxygen atoms in total. The summed E-state index contributed by atoms with van der Waals surface area (Å²) in [5.41, 5.74) is 0.751. The Morgan fingerprint density at radius 2 is 1.94 bits per heavy atom. The molecule has 86 valence electrons. The number of benzene rings is 1. The van der Waals surface area contributed by atoms with Crippen molar-refractivity contribution in [3.05, 3.63) is 39.2 Å². The van der Waals surface area contributed by atoms with Gasteiger partial charge in [0.25, 0.3) is 0 Å². The van der Waals surface area contributed by atoms with Crippen molar-refractivity contribution in [2.75, 3.05) is 19.0 Å². The van der Waals surface area contributed by atoms with E-state index in [2.05, 4.69) is 9.40 Å². The number of fused-ring (bicyclic) bond motifs is 1. The molecule has 0 saturated heterocycles. The molecular formula is C10H11ClN2O3. The fourth-order valence-corrected chi connectivity index (χ4v) is 1.36. The summed E-state index contributed by atoms with van der Waals surface area (Å²) < 4.78 is 4.44. The van der Waals surface area contributed by atoms with Crippen molar-refractivity contribution in [2.45, 2.75) is 0 Å². The highest BCUT2D eigenvalue weighted by Gasteiger charge is 2.04. The molecule has 1 N–H and O–H groups in total. The Balaban J connectivity index is 0.00000128. The van der Waals surface area contributed by atoms with Crippen LogP contribution in [0, 0.1) is 0 Å². The Labute approximate surface area is 97.1 Å². The summed E-state index contributed by atoms with van der Waals surface area (Å²) in [6.45, 7) is 0. The number of anilines is 1. The van der Waals surface area contributed by atoms with E-state index in [9.17, 15) is 9.59 Å². The molecule has 1 aromatic carbocycles. The minimum Gasteiger partial charge on any atom is -0.378 e. The molecule has 0 radical (unpaired) electrons. The van der Waals surface area contributed by atoms with E-state index in [0.29, 0.717) is 10.9 Å². The fraction of sp³-hybridized carbons (Fsp3) is 0.200. The summed E-state index contributed by atoms with van der Waals surface area (Å²) in [6.07, 6.45) is 0. The average Bonchev–Trinajstić information content (AvgIpc) is 2.16. The van der Waals surface area contributed by atoms with Gasteiger partial charge in [0.05, 0.1) is 10.9 Å². The summed E-state index contributed by atoms with van der Waals surface area (Å²) in [5.74, 6) is -0.731. The van der Waals surface area contributed by atoms with Gasteiger partial charge in [-0.2, -0.15) is 0 Å². The zero-order valence-corrected chi connectivity index (χ0v) is 9.63. The molecular weight excluding hydrogens is 232 g/mol. The van der Waals surface area contributed by atoms with Gasteiger partial charge in [0.15, 0.2) is 0 Å². The third kappa shape index (κ3) is 2.09. The minimum atomic E-state index is -0.731. The largest absolute Gasteiger partial charge is 0.419 e. The topological polar surface area (TPSA) is 66.3 Å². The van der Waals surface area contributed by atoms with Gasteiger partial charge in [-0.05, 0) is 18.2 Å². The van der Waals surface area contributed by atoms with Crippen LogP contribution in [0.15, 0.2) is 32.2 Å². The van der Waals surface area contributed by atoms with Crippen molar-refractivity contribution >= 4 is 29.0 Å². The second-order valence-corrected chi connectivity index (χ2v) is 3.43. The van der Waals surface area contributed by atoms with Gasteiger partial charge in [-0.3, -0.25) is 4.98 Å². The van der Waals surface area contributed by atoms with E-state index in [1.807, 2.05) is 25.1 Å². The van der Waals surface area contributed by atoms with Crippen LogP contribution in [0.1, 0.15) is 0 Å². The van der Waals surface area contributed by atoms with Crippen LogP contribution in [0.4, 0.5) is 5.69 Å². The lowest BCUT2D eigenvalue weighted by atomic mass is 10.2. The smallest absolute Gasteiger partial charge is 0.378 e. The molecule has 0 aliphatic heterocycles. The molecule has 1 heterocycles. The van der Waals surface area contributed by atoms with Gasteiger partial charge in [0.2, 0.25) is 0 Å². The third-order valence-electron chi connectivity index (χ3n) is 2.16. The normalized spacial score (nSPS) is 9.88. The van der Waals surface area contributed by atoms with Gasteiger partial charge in [0.1, 0.15) is 0 Å². The highest BCUT2D eigenvalue weighted by Crippen LogP contribution is 2.15. The third-order valence-corrected chi connectivity index (χ3v) is 2.16. The SMILES string of the molecule is CN(C)c1ccc2[nH]c(=O)oc(=O)c2c1.Cl. The van der Waals surface area contributed by atoms with Crippen LogP contribution >= 0.6 is 12.4 Å². The monoisotopic (exact) mass is 242 g/mol. The molecule has 0 aliphatic carbocycles. The van der Waals surface area contributed by atoms with Crippen LogP contribution in [-0.2, 0) is 0 Å². The van der Waals surface area contributed by atoms with E-state index in [0.717, 1.165) is 5.69 Å². The number of nitrogens with zero attached hydrogens (tertiary/aromatic N) is 1. The first-order valence-corrected chi connectivity index (χ1v) is 4.42. The van der Waals surface area contributed by atoms with E-state index < -0.39 is 11.4 Å². The number of aromatic amines is 1. The number of nitrogens with one attached hydrogen (secondary N) is 1. The Morgan fingerprint density at radius 3 is 2.56 bits per heavy atom. The maximum absolute atomic E-state index is 11.4. The summed E-state index contributed by atoms with van der Waals surface area (Å²) in [5, 5.41) is 0.376. The predicted octanol–water partition coefficient (Wildman–Crippen LogP) is 0.969. The molecule has 0 spiro atoms. The number of halogens is 1. The van der Waals surface area contributed by atoms with E-state index in [-0.39, 0.29) is 12.4 Å². The number of hydrogen-bond acceptors (Lipinski definition) is 4. The minimum absolute atomic E-state index is 0. The zero-order chi connectivity index (χ0) is 11.0. The van der Waals surface area contributed by atoms with E-state index in [1.54, 1.807) is 12.1 Å². The molecule has 2 rings (SSSR count). The first-order valence-electron chi connectivity index (χ1n) is 4.42. The van der Waals surface area contributed by atoms with E-state index in [1.165, 1.54) is 0 Å². The molecule has 6 heteroatoms. The van der Waals surface area contributed by atoms with Crippen LogP contribution in [-0.4, -0.2) is 19.1 Å². The van der Waals surface area contributed by atoms with Crippen LogP contribution in [0.2, 0.25) is 0 Å². The lowest BCUT2D eigenvalue weighted by Crippen LogP contribution is -2.15. The number of hydrogen-bond donors (Lipinski definition) is 1. The molecule has 0 fully saturated rings. The van der Waals surface area contributed by atoms with Crippen molar-refractivity contribution in [3.8, 4) is 0 Å². The van der Waals surface area contributed by atoms with Crippen molar-refractivity contribution in [3.63, 3.8) is 0 Å². The van der Waals surface area contributed by atoms with Gasteiger partial charge >= 0.3 is 11.4 Å². The van der Waals surface area contributed by atoms with Crippen molar-refractivity contribution in [1.29, 1.82) is 0 Å².